The van der Waals surface area contributed by atoms with E-state index in [1.165, 1.54) is 0 Å². The van der Waals surface area contributed by atoms with E-state index in [4.69, 9.17) is 0 Å². The lowest BCUT2D eigenvalue weighted by atomic mass is 10.2. The Morgan fingerprint density at radius 1 is 1.10 bits per heavy atom. The summed E-state index contributed by atoms with van der Waals surface area (Å²) in [5, 5.41) is 11.8. The van der Waals surface area contributed by atoms with Crippen molar-refractivity contribution in [2.75, 3.05) is 5.32 Å². The number of aryl methyl sites for hydroxylation is 1. The smallest absolute Gasteiger partial charge is 0.254 e. The van der Waals surface area contributed by atoms with E-state index in [9.17, 15) is 4.79 Å². The maximum atomic E-state index is 12.0. The van der Waals surface area contributed by atoms with Gasteiger partial charge in [-0.1, -0.05) is 23.4 Å². The molecule has 0 bridgehead atoms. The average molecular weight is 387 g/mol. The van der Waals surface area contributed by atoms with Gasteiger partial charge in [0.1, 0.15) is 17.3 Å². The first-order valence-corrected chi connectivity index (χ1v) is 9.29. The Morgan fingerprint density at radius 3 is 2.59 bits per heavy atom. The fraction of sp³-hybridized carbons (Fsp3) is 0.190. The van der Waals surface area contributed by atoms with Crippen molar-refractivity contribution in [1.82, 2.24) is 29.9 Å². The van der Waals surface area contributed by atoms with Crippen molar-refractivity contribution in [3.8, 4) is 17.1 Å². The fourth-order valence-electron chi connectivity index (χ4n) is 2.88. The summed E-state index contributed by atoms with van der Waals surface area (Å²) in [6, 6.07) is 13.5. The lowest BCUT2D eigenvalue weighted by Crippen LogP contribution is -2.14. The number of aromatic nitrogens is 6. The number of H-pyrrole nitrogens is 1. The minimum Gasteiger partial charge on any atom is -0.362 e. The molecule has 3 heterocycles. The summed E-state index contributed by atoms with van der Waals surface area (Å²) in [6.07, 6.45) is 3.58. The number of hydrogen-bond donors (Lipinski definition) is 2. The summed E-state index contributed by atoms with van der Waals surface area (Å²) in [7, 11) is 0. The summed E-state index contributed by atoms with van der Waals surface area (Å²) in [4.78, 5) is 23.6. The number of aromatic amines is 1. The molecule has 1 unspecified atom stereocenters. The predicted octanol–water partition coefficient (Wildman–Crippen LogP) is 3.20. The maximum absolute atomic E-state index is 12.0. The molecule has 4 aromatic rings. The first kappa shape index (κ1) is 18.5. The zero-order chi connectivity index (χ0) is 20.4. The van der Waals surface area contributed by atoms with E-state index in [0.717, 1.165) is 16.9 Å². The minimum absolute atomic E-state index is 0.0784. The molecule has 2 N–H and O–H groups in total. The number of nitrogens with zero attached hydrogens (tertiary/aromatic N) is 5. The maximum Gasteiger partial charge on any atom is 0.254 e. The molecule has 29 heavy (non-hydrogen) atoms. The second kappa shape index (κ2) is 7.67. The Bertz CT molecular complexity index is 1180. The molecule has 0 aliphatic rings. The fourth-order valence-corrected chi connectivity index (χ4v) is 2.88. The molecule has 146 valence electrons. The number of hydrogen-bond acceptors (Lipinski definition) is 6. The van der Waals surface area contributed by atoms with Crippen molar-refractivity contribution in [3.63, 3.8) is 0 Å². The van der Waals surface area contributed by atoms with Gasteiger partial charge in [-0.3, -0.25) is 4.79 Å². The van der Waals surface area contributed by atoms with Gasteiger partial charge >= 0.3 is 0 Å². The highest BCUT2D eigenvalue weighted by Crippen LogP contribution is 2.19. The molecule has 1 aromatic carbocycles. The molecule has 8 nitrogen and oxygen atoms in total. The molecule has 0 aliphatic carbocycles. The molecule has 0 radical (unpaired) electrons. The van der Waals surface area contributed by atoms with E-state index in [1.807, 2.05) is 62.5 Å². The average Bonchev–Trinajstić information content (AvgIpc) is 3.23. The van der Waals surface area contributed by atoms with Crippen LogP contribution in [-0.4, -0.2) is 29.9 Å². The lowest BCUT2D eigenvalue weighted by molar-refractivity contribution is 0.779. The van der Waals surface area contributed by atoms with Gasteiger partial charge in [0.15, 0.2) is 0 Å². The van der Waals surface area contributed by atoms with Crippen LogP contribution in [-0.2, 0) is 0 Å². The van der Waals surface area contributed by atoms with Crippen LogP contribution in [0.25, 0.3) is 17.1 Å². The van der Waals surface area contributed by atoms with Gasteiger partial charge in [-0.25, -0.2) is 14.6 Å². The largest absolute Gasteiger partial charge is 0.362 e. The van der Waals surface area contributed by atoms with E-state index in [2.05, 4.69) is 30.6 Å². The van der Waals surface area contributed by atoms with Gasteiger partial charge in [-0.05, 0) is 45.0 Å². The van der Waals surface area contributed by atoms with Gasteiger partial charge in [-0.2, -0.15) is 0 Å². The van der Waals surface area contributed by atoms with E-state index < -0.39 is 0 Å². The van der Waals surface area contributed by atoms with Crippen LogP contribution in [0.2, 0.25) is 0 Å². The van der Waals surface area contributed by atoms with Crippen LogP contribution in [0.5, 0.6) is 0 Å². The number of rotatable bonds is 5. The lowest BCUT2D eigenvalue weighted by Gasteiger charge is -2.12. The molecule has 0 saturated heterocycles. The number of pyridine rings is 1. The topological polar surface area (TPSA) is 101 Å². The number of nitrogens with one attached hydrogen (secondary N) is 2. The number of anilines is 1. The van der Waals surface area contributed by atoms with Crippen LogP contribution in [0.3, 0.4) is 0 Å². The Morgan fingerprint density at radius 2 is 1.90 bits per heavy atom. The highest BCUT2D eigenvalue weighted by atomic mass is 16.1. The van der Waals surface area contributed by atoms with Crippen LogP contribution in [0, 0.1) is 13.8 Å². The van der Waals surface area contributed by atoms with Gasteiger partial charge in [0, 0.05) is 23.0 Å². The normalized spacial score (nSPS) is 12.0. The third-order valence-corrected chi connectivity index (χ3v) is 4.77. The Hall–Kier alpha value is -3.81. The Balaban J connectivity index is 1.49. The Labute approximate surface area is 167 Å². The zero-order valence-electron chi connectivity index (χ0n) is 16.4. The second-order valence-corrected chi connectivity index (χ2v) is 6.85. The molecule has 8 heteroatoms. The van der Waals surface area contributed by atoms with E-state index >= 15 is 0 Å². The number of para-hydroxylation sites is 1. The molecule has 0 aliphatic heterocycles. The zero-order valence-corrected chi connectivity index (χ0v) is 16.4. The first-order chi connectivity index (χ1) is 14.0. The molecule has 0 saturated carbocycles. The third-order valence-electron chi connectivity index (χ3n) is 4.77. The summed E-state index contributed by atoms with van der Waals surface area (Å²) >= 11 is 0. The van der Waals surface area contributed by atoms with Crippen molar-refractivity contribution < 1.29 is 0 Å². The van der Waals surface area contributed by atoms with E-state index in [-0.39, 0.29) is 11.6 Å². The molecule has 1 atom stereocenters. The summed E-state index contributed by atoms with van der Waals surface area (Å²) < 4.78 is 1.74. The summed E-state index contributed by atoms with van der Waals surface area (Å²) in [5.41, 5.74) is 3.71. The van der Waals surface area contributed by atoms with Crippen molar-refractivity contribution in [2.24, 2.45) is 0 Å². The van der Waals surface area contributed by atoms with Crippen LogP contribution in [0.15, 0.2) is 59.7 Å². The highest BCUT2D eigenvalue weighted by Gasteiger charge is 2.12. The van der Waals surface area contributed by atoms with E-state index in [1.54, 1.807) is 17.8 Å². The second-order valence-electron chi connectivity index (χ2n) is 6.85. The van der Waals surface area contributed by atoms with Gasteiger partial charge in [0.2, 0.25) is 0 Å². The highest BCUT2D eigenvalue weighted by molar-refractivity contribution is 5.56. The SMILES string of the molecule is Cc1nc(-c2ccc(NC(C)c3cn(-c4ccccc4)nn3)nc2)[nH]c(=O)c1C. The molecular weight excluding hydrogens is 366 g/mol. The van der Waals surface area contributed by atoms with Gasteiger partial charge in [0.05, 0.1) is 17.9 Å². The van der Waals surface area contributed by atoms with Gasteiger partial charge < -0.3 is 10.3 Å². The van der Waals surface area contributed by atoms with E-state index in [0.29, 0.717) is 22.9 Å². The summed E-state index contributed by atoms with van der Waals surface area (Å²) in [5.74, 6) is 1.21. The standard InChI is InChI=1S/C21H21N7O/c1-13-14(2)24-20(25-21(13)29)16-9-10-19(22-11-16)23-15(3)18-12-28(27-26-18)17-7-5-4-6-8-17/h4-12,15H,1-3H3,(H,22,23)(H,24,25,29). The molecule has 0 amide bonds. The number of benzene rings is 1. The molecular formula is C21H21N7O. The van der Waals surface area contributed by atoms with Crippen LogP contribution < -0.4 is 10.9 Å². The monoisotopic (exact) mass is 387 g/mol. The van der Waals surface area contributed by atoms with Crippen LogP contribution in [0.1, 0.15) is 29.9 Å². The molecule has 4 rings (SSSR count). The predicted molar refractivity (Wildman–Crippen MR) is 111 cm³/mol. The van der Waals surface area contributed by atoms with Crippen molar-refractivity contribution in [3.05, 3.63) is 82.2 Å². The molecule has 0 spiro atoms. The first-order valence-electron chi connectivity index (χ1n) is 9.29. The minimum atomic E-state index is -0.134. The summed E-state index contributed by atoms with van der Waals surface area (Å²) in [6.45, 7) is 5.57. The van der Waals surface area contributed by atoms with Crippen LogP contribution in [0.4, 0.5) is 5.82 Å². The molecule has 0 fully saturated rings. The quantitative estimate of drug-likeness (QED) is 0.545. The van der Waals surface area contributed by atoms with Gasteiger partial charge in [0.25, 0.3) is 5.56 Å². The van der Waals surface area contributed by atoms with Crippen molar-refractivity contribution >= 4 is 5.82 Å². The van der Waals surface area contributed by atoms with Crippen molar-refractivity contribution in [1.29, 1.82) is 0 Å². The molecule has 3 aromatic heterocycles. The van der Waals surface area contributed by atoms with Crippen LogP contribution >= 0.6 is 0 Å². The van der Waals surface area contributed by atoms with Crippen molar-refractivity contribution in [2.45, 2.75) is 26.8 Å². The Kier molecular flexibility index (Phi) is 4.90. The van der Waals surface area contributed by atoms with Gasteiger partial charge in [-0.15, -0.1) is 5.10 Å². The third kappa shape index (κ3) is 3.91.